The van der Waals surface area contributed by atoms with Crippen LogP contribution in [0.15, 0.2) is 37.0 Å². The highest BCUT2D eigenvalue weighted by molar-refractivity contribution is 6.13. The Kier molecular flexibility index (Phi) is 7.27. The van der Waals surface area contributed by atoms with E-state index in [4.69, 9.17) is 14.2 Å². The minimum atomic E-state index is -1.50. The van der Waals surface area contributed by atoms with Gasteiger partial charge in [-0.2, -0.15) is 0 Å². The van der Waals surface area contributed by atoms with Crippen molar-refractivity contribution in [2.75, 3.05) is 20.5 Å². The summed E-state index contributed by atoms with van der Waals surface area (Å²) in [4.78, 5) is 37.6. The predicted molar refractivity (Wildman–Crippen MR) is 99.8 cm³/mol. The monoisotopic (exact) mass is 376 g/mol. The maximum Gasteiger partial charge on any atom is 0.321 e. The van der Waals surface area contributed by atoms with Gasteiger partial charge in [0, 0.05) is 18.9 Å². The summed E-state index contributed by atoms with van der Waals surface area (Å²) in [5.74, 6) is -0.946. The summed E-state index contributed by atoms with van der Waals surface area (Å²) in [6.07, 6.45) is 7.79. The topological polar surface area (TPSA) is 78.9 Å². The third-order valence-electron chi connectivity index (χ3n) is 5.69. The van der Waals surface area contributed by atoms with Gasteiger partial charge in [-0.15, -0.1) is 6.58 Å². The van der Waals surface area contributed by atoms with Crippen molar-refractivity contribution in [2.45, 2.75) is 44.6 Å². The predicted octanol–water partition coefficient (Wildman–Crippen LogP) is 2.93. The summed E-state index contributed by atoms with van der Waals surface area (Å²) < 4.78 is 16.4. The summed E-state index contributed by atoms with van der Waals surface area (Å²) in [5.41, 5.74) is -1.54. The Morgan fingerprint density at radius 3 is 2.78 bits per heavy atom. The number of ketones is 1. The minimum absolute atomic E-state index is 0.00193. The van der Waals surface area contributed by atoms with Crippen molar-refractivity contribution < 1.29 is 28.6 Å². The molecule has 27 heavy (non-hydrogen) atoms. The summed E-state index contributed by atoms with van der Waals surface area (Å²) >= 11 is 0. The average molecular weight is 376 g/mol. The Labute approximate surface area is 160 Å². The Morgan fingerprint density at radius 2 is 2.15 bits per heavy atom. The van der Waals surface area contributed by atoms with Gasteiger partial charge >= 0.3 is 5.97 Å². The number of carbonyl (C=O) groups excluding carboxylic acids is 3. The quantitative estimate of drug-likeness (QED) is 0.181. The van der Waals surface area contributed by atoms with Crippen LogP contribution in [0.4, 0.5) is 0 Å². The zero-order chi connectivity index (χ0) is 19.9. The second-order valence-corrected chi connectivity index (χ2v) is 6.95. The van der Waals surface area contributed by atoms with Crippen molar-refractivity contribution >= 4 is 18.0 Å². The zero-order valence-electron chi connectivity index (χ0n) is 15.9. The van der Waals surface area contributed by atoms with Gasteiger partial charge in [0.05, 0.1) is 6.10 Å². The van der Waals surface area contributed by atoms with Gasteiger partial charge in [-0.05, 0) is 38.2 Å². The summed E-state index contributed by atoms with van der Waals surface area (Å²) in [6, 6.07) is 0. The van der Waals surface area contributed by atoms with Crippen LogP contribution in [-0.2, 0) is 28.6 Å². The number of ether oxygens (including phenoxy) is 3. The van der Waals surface area contributed by atoms with Crippen molar-refractivity contribution in [3.8, 4) is 0 Å². The van der Waals surface area contributed by atoms with Gasteiger partial charge in [0.25, 0.3) is 0 Å². The number of aldehydes is 1. The van der Waals surface area contributed by atoms with E-state index in [0.29, 0.717) is 19.3 Å². The van der Waals surface area contributed by atoms with Crippen LogP contribution < -0.4 is 0 Å². The molecule has 0 aromatic carbocycles. The van der Waals surface area contributed by atoms with Gasteiger partial charge in [-0.1, -0.05) is 24.3 Å². The highest BCUT2D eigenvalue weighted by Gasteiger charge is 2.69. The number of allylic oxidation sites excluding steroid dienone is 2. The summed E-state index contributed by atoms with van der Waals surface area (Å²) in [5, 5.41) is 0. The standard InChI is InChI=1S/C21H28O6/c1-4-10-20-16(8-6-9-18(20)27-15-25-3)14-17(23)21(20,11-7-12-22)19(24)26-13-5-2/h4-5,12,14,18H,1-2,6-11,13,15H2,3H3/t18-,20-,21-/m1/s1. The van der Waals surface area contributed by atoms with Crippen molar-refractivity contribution in [2.24, 2.45) is 10.8 Å². The molecule has 6 heteroatoms. The van der Waals surface area contributed by atoms with Crippen molar-refractivity contribution in [3.05, 3.63) is 37.0 Å². The molecule has 1 saturated carbocycles. The number of methoxy groups -OCH3 is 1. The minimum Gasteiger partial charge on any atom is -0.461 e. The Hall–Kier alpha value is -2.05. The van der Waals surface area contributed by atoms with Crippen molar-refractivity contribution in [1.29, 1.82) is 0 Å². The molecule has 0 aromatic heterocycles. The van der Waals surface area contributed by atoms with Crippen LogP contribution in [0.5, 0.6) is 0 Å². The molecule has 0 N–H and O–H groups in total. The molecular weight excluding hydrogens is 348 g/mol. The lowest BCUT2D eigenvalue weighted by Crippen LogP contribution is -2.58. The lowest BCUT2D eigenvalue weighted by molar-refractivity contribution is -0.185. The van der Waals surface area contributed by atoms with Gasteiger partial charge in [0.2, 0.25) is 0 Å². The Bertz CT molecular complexity index is 637. The molecule has 2 rings (SSSR count). The van der Waals surface area contributed by atoms with Crippen molar-refractivity contribution in [1.82, 2.24) is 0 Å². The molecule has 2 aliphatic rings. The van der Waals surface area contributed by atoms with Gasteiger partial charge in [0.1, 0.15) is 25.1 Å². The normalized spacial score (nSPS) is 29.6. The molecule has 6 nitrogen and oxygen atoms in total. The van der Waals surface area contributed by atoms with Crippen molar-refractivity contribution in [3.63, 3.8) is 0 Å². The number of carbonyl (C=O) groups is 3. The van der Waals surface area contributed by atoms with Gasteiger partial charge < -0.3 is 19.0 Å². The number of rotatable bonds is 11. The maximum absolute atomic E-state index is 13.2. The highest BCUT2D eigenvalue weighted by Crippen LogP contribution is 2.63. The second kappa shape index (κ2) is 9.24. The van der Waals surface area contributed by atoms with E-state index >= 15 is 0 Å². The smallest absolute Gasteiger partial charge is 0.321 e. The summed E-state index contributed by atoms with van der Waals surface area (Å²) in [6.45, 7) is 7.47. The number of hydrogen-bond donors (Lipinski definition) is 0. The molecule has 0 saturated heterocycles. The highest BCUT2D eigenvalue weighted by atomic mass is 16.7. The lowest BCUT2D eigenvalue weighted by atomic mass is 9.53. The molecule has 0 radical (unpaired) electrons. The fourth-order valence-corrected chi connectivity index (χ4v) is 4.71. The maximum atomic E-state index is 13.2. The fourth-order valence-electron chi connectivity index (χ4n) is 4.71. The van der Waals surface area contributed by atoms with E-state index in [0.717, 1.165) is 18.3 Å². The molecular formula is C21H28O6. The molecule has 0 aromatic rings. The van der Waals surface area contributed by atoms with Crippen LogP contribution in [0.25, 0.3) is 0 Å². The first kappa shape index (κ1) is 21.3. The molecule has 2 aliphatic carbocycles. The van der Waals surface area contributed by atoms with E-state index in [9.17, 15) is 14.4 Å². The van der Waals surface area contributed by atoms with E-state index in [1.165, 1.54) is 13.2 Å². The number of esters is 1. The van der Waals surface area contributed by atoms with E-state index in [1.54, 1.807) is 12.2 Å². The number of hydrogen-bond acceptors (Lipinski definition) is 6. The zero-order valence-corrected chi connectivity index (χ0v) is 15.9. The third-order valence-corrected chi connectivity index (χ3v) is 5.69. The molecule has 0 bridgehead atoms. The number of fused-ring (bicyclic) bond motifs is 1. The second-order valence-electron chi connectivity index (χ2n) is 6.95. The Balaban J connectivity index is 2.63. The largest absolute Gasteiger partial charge is 0.461 e. The van der Waals surface area contributed by atoms with Crippen LogP contribution in [0.2, 0.25) is 0 Å². The van der Waals surface area contributed by atoms with Crippen LogP contribution in [0.1, 0.15) is 38.5 Å². The SMILES string of the molecule is C=CCOC(=O)[C@@]1(CCC=O)C(=O)C=C2CCC[C@@H](OCOC)[C@@]21CC=C. The lowest BCUT2D eigenvalue weighted by Gasteiger charge is -2.51. The average Bonchev–Trinajstić information content (AvgIpc) is 2.92. The van der Waals surface area contributed by atoms with E-state index < -0.39 is 22.9 Å². The van der Waals surface area contributed by atoms with Crippen LogP contribution in [-0.4, -0.2) is 44.7 Å². The first-order chi connectivity index (χ1) is 13.0. The van der Waals surface area contributed by atoms with Crippen LogP contribution in [0.3, 0.4) is 0 Å². The van der Waals surface area contributed by atoms with Gasteiger partial charge in [-0.3, -0.25) is 9.59 Å². The molecule has 0 unspecified atom stereocenters. The molecule has 3 atom stereocenters. The molecule has 0 aliphatic heterocycles. The molecule has 148 valence electrons. The van der Waals surface area contributed by atoms with E-state index in [1.807, 2.05) is 0 Å². The van der Waals surface area contributed by atoms with Crippen LogP contribution in [0, 0.1) is 10.8 Å². The van der Waals surface area contributed by atoms with Gasteiger partial charge in [-0.25, -0.2) is 0 Å². The molecule has 1 fully saturated rings. The molecule has 0 heterocycles. The van der Waals surface area contributed by atoms with E-state index in [-0.39, 0.29) is 32.0 Å². The van der Waals surface area contributed by atoms with Crippen LogP contribution >= 0.6 is 0 Å². The van der Waals surface area contributed by atoms with Gasteiger partial charge in [0.15, 0.2) is 5.78 Å². The Morgan fingerprint density at radius 1 is 1.37 bits per heavy atom. The van der Waals surface area contributed by atoms with E-state index in [2.05, 4.69) is 13.2 Å². The molecule has 0 spiro atoms. The first-order valence-electron chi connectivity index (χ1n) is 9.23. The fraction of sp³-hybridized carbons (Fsp3) is 0.571. The molecule has 0 amide bonds. The first-order valence-corrected chi connectivity index (χ1v) is 9.23. The summed E-state index contributed by atoms with van der Waals surface area (Å²) in [7, 11) is 1.53. The third kappa shape index (κ3) is 3.44.